The Balaban J connectivity index is 1.30. The number of hydrogen-bond donors (Lipinski definition) is 1. The van der Waals surface area contributed by atoms with Crippen molar-refractivity contribution in [2.75, 3.05) is 30.7 Å². The first-order valence-electron chi connectivity index (χ1n) is 9.54. The second-order valence-corrected chi connectivity index (χ2v) is 7.55. The smallest absolute Gasteiger partial charge is 0.263 e. The number of rotatable bonds is 5. The number of methoxy groups -OCH3 is 1. The number of fused-ring (bicyclic) bond motifs is 2. The highest BCUT2D eigenvalue weighted by Gasteiger charge is 2.55. The average Bonchev–Trinajstić information content (AvgIpc) is 3.45. The van der Waals surface area contributed by atoms with Gasteiger partial charge in [-0.3, -0.25) is 19.4 Å². The first-order chi connectivity index (χ1) is 15.5. The summed E-state index contributed by atoms with van der Waals surface area (Å²) >= 11 is 6.14. The number of hydrogen-bond acceptors (Lipinski definition) is 9. The Morgan fingerprint density at radius 1 is 1.19 bits per heavy atom. The fourth-order valence-electron chi connectivity index (χ4n) is 3.72. The zero-order valence-corrected chi connectivity index (χ0v) is 17.4. The zero-order valence-electron chi connectivity index (χ0n) is 16.6. The van der Waals surface area contributed by atoms with Crippen LogP contribution in [0, 0.1) is 0 Å². The molecular formula is C20H16ClN5O6. The van der Waals surface area contributed by atoms with E-state index in [1.54, 1.807) is 30.3 Å². The molecule has 32 heavy (non-hydrogen) atoms. The summed E-state index contributed by atoms with van der Waals surface area (Å²) in [5, 5.41) is 12.0. The first-order valence-corrected chi connectivity index (χ1v) is 9.92. The molecule has 3 heterocycles. The minimum Gasteiger partial charge on any atom is -0.495 e. The number of carbonyl (C=O) groups excluding carboxylic acids is 3. The van der Waals surface area contributed by atoms with Gasteiger partial charge < -0.3 is 19.5 Å². The van der Waals surface area contributed by atoms with Crippen molar-refractivity contribution in [3.8, 4) is 17.2 Å². The predicted molar refractivity (Wildman–Crippen MR) is 111 cm³/mol. The number of nitrogens with zero attached hydrogens (tertiary/aromatic N) is 4. The molecule has 0 aromatic heterocycles. The molecule has 11 nitrogen and oxygen atoms in total. The van der Waals surface area contributed by atoms with Crippen LogP contribution in [0.1, 0.15) is 0 Å². The number of imide groups is 1. The van der Waals surface area contributed by atoms with Crippen molar-refractivity contribution in [2.45, 2.75) is 12.1 Å². The fraction of sp³-hybridized carbons (Fsp3) is 0.250. The van der Waals surface area contributed by atoms with Gasteiger partial charge in [0.15, 0.2) is 23.6 Å². The van der Waals surface area contributed by atoms with Crippen molar-refractivity contribution in [2.24, 2.45) is 10.3 Å². The van der Waals surface area contributed by atoms with E-state index in [4.69, 9.17) is 25.8 Å². The van der Waals surface area contributed by atoms with Crippen molar-refractivity contribution in [3.05, 3.63) is 41.4 Å². The Labute approximate surface area is 186 Å². The molecule has 0 radical (unpaired) electrons. The maximum absolute atomic E-state index is 13.0. The summed E-state index contributed by atoms with van der Waals surface area (Å²) in [6.07, 6.45) is 0. The van der Waals surface area contributed by atoms with Crippen LogP contribution in [0.3, 0.4) is 0 Å². The van der Waals surface area contributed by atoms with E-state index in [-0.39, 0.29) is 18.4 Å². The molecule has 2 aromatic rings. The third kappa shape index (κ3) is 3.26. The van der Waals surface area contributed by atoms with Crippen LogP contribution in [0.4, 0.5) is 11.4 Å². The molecule has 2 atom stereocenters. The van der Waals surface area contributed by atoms with Crippen molar-refractivity contribution in [1.29, 1.82) is 0 Å². The summed E-state index contributed by atoms with van der Waals surface area (Å²) in [5.74, 6) is 0.0127. The highest BCUT2D eigenvalue weighted by molar-refractivity contribution is 6.33. The van der Waals surface area contributed by atoms with Gasteiger partial charge in [0.2, 0.25) is 12.7 Å². The van der Waals surface area contributed by atoms with Gasteiger partial charge in [-0.1, -0.05) is 16.8 Å². The molecule has 0 aliphatic carbocycles. The van der Waals surface area contributed by atoms with E-state index in [9.17, 15) is 14.4 Å². The van der Waals surface area contributed by atoms with Crippen molar-refractivity contribution < 1.29 is 28.6 Å². The highest BCUT2D eigenvalue weighted by Crippen LogP contribution is 2.36. The van der Waals surface area contributed by atoms with Gasteiger partial charge in [-0.15, -0.1) is 0 Å². The number of ether oxygens (including phenoxy) is 3. The van der Waals surface area contributed by atoms with Crippen LogP contribution in [0.2, 0.25) is 5.02 Å². The molecule has 1 N–H and O–H groups in total. The third-order valence-corrected chi connectivity index (χ3v) is 5.51. The normalized spacial score (nSPS) is 20.7. The summed E-state index contributed by atoms with van der Waals surface area (Å²) in [6.45, 7) is -0.147. The standard InChI is InChI=1S/C20H16ClN5O6/c1-30-13-5-3-11(7-12(13)21)26-19(28)17-18(20(26)29)25(24-23-17)8-16(27)22-10-2-4-14-15(6-10)32-9-31-14/h2-7,17-18H,8-9H2,1H3,(H,22,27)/t17-,18-/m1/s1. The predicted octanol–water partition coefficient (Wildman–Crippen LogP) is 2.01. The SMILES string of the molecule is COc1ccc(N2C(=O)[C@@H]3N=NN(CC(=O)Nc4ccc5c(c4)OCO5)[C@H]3C2=O)cc1Cl. The maximum atomic E-state index is 13.0. The number of halogens is 1. The molecule has 3 aliphatic rings. The van der Waals surface area contributed by atoms with Gasteiger partial charge in [-0.2, -0.15) is 5.11 Å². The molecule has 0 unspecified atom stereocenters. The van der Waals surface area contributed by atoms with Gasteiger partial charge >= 0.3 is 0 Å². The van der Waals surface area contributed by atoms with Crippen LogP contribution < -0.4 is 24.4 Å². The molecule has 12 heteroatoms. The van der Waals surface area contributed by atoms with E-state index < -0.39 is 29.8 Å². The van der Waals surface area contributed by atoms with Gasteiger partial charge in [0.25, 0.3) is 11.8 Å². The fourth-order valence-corrected chi connectivity index (χ4v) is 3.98. The van der Waals surface area contributed by atoms with E-state index in [0.29, 0.717) is 28.6 Å². The van der Waals surface area contributed by atoms with Crippen LogP contribution in [-0.4, -0.2) is 55.3 Å². The molecule has 0 spiro atoms. The lowest BCUT2D eigenvalue weighted by molar-refractivity contribution is -0.123. The summed E-state index contributed by atoms with van der Waals surface area (Å²) in [4.78, 5) is 39.4. The van der Waals surface area contributed by atoms with E-state index in [1.807, 2.05) is 0 Å². The monoisotopic (exact) mass is 457 g/mol. The van der Waals surface area contributed by atoms with Gasteiger partial charge in [0.05, 0.1) is 17.8 Å². The second kappa shape index (κ2) is 7.68. The van der Waals surface area contributed by atoms with E-state index in [1.165, 1.54) is 18.2 Å². The Hall–Kier alpha value is -3.86. The van der Waals surface area contributed by atoms with E-state index in [2.05, 4.69) is 15.7 Å². The molecule has 5 rings (SSSR count). The summed E-state index contributed by atoms with van der Waals surface area (Å²) in [6, 6.07) is 7.52. The van der Waals surface area contributed by atoms with Crippen molar-refractivity contribution >= 4 is 40.7 Å². The van der Waals surface area contributed by atoms with Gasteiger partial charge in [-0.05, 0) is 30.3 Å². The number of anilines is 2. The van der Waals surface area contributed by atoms with Gasteiger partial charge in [0, 0.05) is 11.8 Å². The average molecular weight is 458 g/mol. The van der Waals surface area contributed by atoms with Gasteiger partial charge in [-0.25, -0.2) is 4.90 Å². The van der Waals surface area contributed by atoms with Crippen LogP contribution in [0.25, 0.3) is 0 Å². The van der Waals surface area contributed by atoms with E-state index >= 15 is 0 Å². The van der Waals surface area contributed by atoms with Crippen molar-refractivity contribution in [1.82, 2.24) is 5.01 Å². The topological polar surface area (TPSA) is 122 Å². The van der Waals surface area contributed by atoms with Crippen LogP contribution in [0.15, 0.2) is 46.7 Å². The quantitative estimate of drug-likeness (QED) is 0.681. The van der Waals surface area contributed by atoms with Gasteiger partial charge in [0.1, 0.15) is 12.3 Å². The lowest BCUT2D eigenvalue weighted by Crippen LogP contribution is -2.43. The molecule has 3 amide bonds. The molecule has 3 aliphatic heterocycles. The molecule has 0 bridgehead atoms. The van der Waals surface area contributed by atoms with Crippen LogP contribution in [-0.2, 0) is 14.4 Å². The molecular weight excluding hydrogens is 442 g/mol. The van der Waals surface area contributed by atoms with Crippen molar-refractivity contribution in [3.63, 3.8) is 0 Å². The largest absolute Gasteiger partial charge is 0.495 e. The summed E-state index contributed by atoms with van der Waals surface area (Å²) in [7, 11) is 1.46. The Kier molecular flexibility index (Phi) is 4.82. The minimum atomic E-state index is -1.03. The second-order valence-electron chi connectivity index (χ2n) is 7.14. The number of carbonyl (C=O) groups is 3. The third-order valence-electron chi connectivity index (χ3n) is 5.21. The Bertz CT molecular complexity index is 1170. The molecule has 1 saturated heterocycles. The first kappa shape index (κ1) is 20.1. The molecule has 0 saturated carbocycles. The molecule has 164 valence electrons. The lowest BCUT2D eigenvalue weighted by Gasteiger charge is -2.20. The van der Waals surface area contributed by atoms with E-state index in [0.717, 1.165) is 4.90 Å². The minimum absolute atomic E-state index is 0.121. The number of amides is 3. The molecule has 2 aromatic carbocycles. The Morgan fingerprint density at radius 2 is 2.00 bits per heavy atom. The van der Waals surface area contributed by atoms with Crippen LogP contribution >= 0.6 is 11.6 Å². The Morgan fingerprint density at radius 3 is 2.78 bits per heavy atom. The zero-order chi connectivity index (χ0) is 22.4. The highest BCUT2D eigenvalue weighted by atomic mass is 35.5. The lowest BCUT2D eigenvalue weighted by atomic mass is 10.1. The summed E-state index contributed by atoms with van der Waals surface area (Å²) in [5.41, 5.74) is 0.787. The van der Waals surface area contributed by atoms with Crippen LogP contribution in [0.5, 0.6) is 17.2 Å². The number of benzene rings is 2. The molecule has 1 fully saturated rings. The summed E-state index contributed by atoms with van der Waals surface area (Å²) < 4.78 is 15.6. The number of nitrogens with one attached hydrogen (secondary N) is 1. The maximum Gasteiger partial charge on any atom is 0.263 e.